The third-order valence-electron chi connectivity index (χ3n) is 11.0. The van der Waals surface area contributed by atoms with Crippen LogP contribution in [0, 0.1) is 17.3 Å². The molecule has 2 saturated carbocycles. The van der Waals surface area contributed by atoms with Crippen LogP contribution in [0.4, 0.5) is 0 Å². The minimum atomic E-state index is -4.08. The van der Waals surface area contributed by atoms with Crippen molar-refractivity contribution < 1.29 is 31.8 Å². The molecule has 0 aliphatic heterocycles. The van der Waals surface area contributed by atoms with Gasteiger partial charge in [0.05, 0.1) is 19.1 Å². The highest BCUT2D eigenvalue weighted by atomic mass is 32.2. The Labute approximate surface area is 257 Å². The van der Waals surface area contributed by atoms with E-state index in [1.54, 1.807) is 0 Å². The van der Waals surface area contributed by atoms with Gasteiger partial charge in [-0.05, 0) is 104 Å². The van der Waals surface area contributed by atoms with Crippen LogP contribution in [0.15, 0.2) is 35.2 Å². The molecule has 0 aromatic heterocycles. The number of hydrogen-bond acceptors (Lipinski definition) is 7. The van der Waals surface area contributed by atoms with Gasteiger partial charge in [-0.3, -0.25) is 0 Å². The van der Waals surface area contributed by atoms with Crippen molar-refractivity contribution in [2.75, 3.05) is 14.2 Å². The van der Waals surface area contributed by atoms with Crippen molar-refractivity contribution in [1.82, 2.24) is 0 Å². The first-order valence-electron chi connectivity index (χ1n) is 15.3. The number of nitrogens with two attached hydrogens (primary N) is 1. The highest BCUT2D eigenvalue weighted by Crippen LogP contribution is 2.62. The van der Waals surface area contributed by atoms with E-state index in [0.717, 1.165) is 44.3 Å². The fourth-order valence-corrected chi connectivity index (χ4v) is 9.24. The third kappa shape index (κ3) is 5.70. The number of fused-ring (bicyclic) bond motifs is 5. The number of aryl methyl sites for hydroxylation is 1. The Kier molecular flexibility index (Phi) is 8.22. The molecule has 3 unspecified atom stereocenters. The molecule has 5 atom stereocenters. The Morgan fingerprint density at radius 2 is 1.74 bits per heavy atom. The summed E-state index contributed by atoms with van der Waals surface area (Å²) in [5.74, 6) is 2.07. The van der Waals surface area contributed by atoms with Gasteiger partial charge in [0.1, 0.15) is 17.4 Å². The lowest BCUT2D eigenvalue weighted by molar-refractivity contribution is -0.0429. The predicted octanol–water partition coefficient (Wildman–Crippen LogP) is 6.82. The van der Waals surface area contributed by atoms with E-state index in [1.165, 1.54) is 37.5 Å². The van der Waals surface area contributed by atoms with E-state index in [2.05, 4.69) is 59.0 Å². The van der Waals surface area contributed by atoms with Crippen LogP contribution in [0.25, 0.3) is 0 Å². The van der Waals surface area contributed by atoms with Gasteiger partial charge in [-0.15, -0.1) is 0 Å². The van der Waals surface area contributed by atoms with Crippen LogP contribution in [0.1, 0.15) is 87.2 Å². The number of primary sulfonamides is 1. The highest BCUT2D eigenvalue weighted by Gasteiger charge is 2.56. The third-order valence-corrected chi connectivity index (χ3v) is 16.3. The average molecular weight is 630 g/mol. The maximum atomic E-state index is 13.6. The highest BCUT2D eigenvalue weighted by molar-refractivity contribution is 7.89. The maximum absolute atomic E-state index is 13.6. The molecule has 5 rings (SSSR count). The van der Waals surface area contributed by atoms with E-state index in [9.17, 15) is 13.2 Å². The van der Waals surface area contributed by atoms with Crippen molar-refractivity contribution in [2.24, 2.45) is 22.4 Å². The standard InChI is InChI=1S/C33H47NO7SSi/c1-32(2,3)43(7,8)41-21-10-12-23-20(17-21)9-11-25-24(23)15-16-33(4)27(25)13-14-29(33)40-31(35)26-18-22(42(34,36)37)19-28(38-5)30(26)39-6/h10,12,17-19,24-25,27,29H,9,11,13-16H2,1-8H3,(H2,34,36,37)/t24?,25?,27?,29-,33-/m0/s1. The average Bonchev–Trinajstić information content (AvgIpc) is 3.26. The summed E-state index contributed by atoms with van der Waals surface area (Å²) in [6, 6.07) is 9.23. The summed E-state index contributed by atoms with van der Waals surface area (Å²) >= 11 is 0. The number of carbonyl (C=O) groups is 1. The molecule has 3 aliphatic rings. The van der Waals surface area contributed by atoms with Crippen LogP contribution >= 0.6 is 0 Å². The molecule has 0 saturated heterocycles. The normalized spacial score (nSPS) is 27.0. The van der Waals surface area contributed by atoms with E-state index < -0.39 is 24.3 Å². The lowest BCUT2D eigenvalue weighted by atomic mass is 9.55. The number of sulfonamides is 1. The van der Waals surface area contributed by atoms with Crippen LogP contribution < -0.4 is 19.0 Å². The molecule has 43 heavy (non-hydrogen) atoms. The quantitative estimate of drug-likeness (QED) is 0.264. The molecule has 0 radical (unpaired) electrons. The molecule has 2 fully saturated rings. The zero-order valence-corrected chi connectivity index (χ0v) is 28.6. The van der Waals surface area contributed by atoms with Gasteiger partial charge in [-0.2, -0.15) is 0 Å². The summed E-state index contributed by atoms with van der Waals surface area (Å²) in [6.45, 7) is 13.6. The predicted molar refractivity (Wildman–Crippen MR) is 169 cm³/mol. The molecule has 3 aliphatic carbocycles. The van der Waals surface area contributed by atoms with Crippen molar-refractivity contribution in [3.05, 3.63) is 47.0 Å². The van der Waals surface area contributed by atoms with Crippen LogP contribution in [-0.4, -0.2) is 43.0 Å². The van der Waals surface area contributed by atoms with E-state index in [1.807, 2.05) is 0 Å². The van der Waals surface area contributed by atoms with Gasteiger partial charge < -0.3 is 18.6 Å². The number of esters is 1. The van der Waals surface area contributed by atoms with Crippen molar-refractivity contribution in [1.29, 1.82) is 0 Å². The first-order chi connectivity index (χ1) is 20.0. The lowest BCUT2D eigenvalue weighted by Crippen LogP contribution is -2.45. The fourth-order valence-electron chi connectivity index (χ4n) is 7.66. The smallest absolute Gasteiger partial charge is 0.342 e. The first kappa shape index (κ1) is 31.8. The number of benzene rings is 2. The van der Waals surface area contributed by atoms with Crippen LogP contribution in [0.2, 0.25) is 18.1 Å². The lowest BCUT2D eigenvalue weighted by Gasteiger charge is -2.50. The van der Waals surface area contributed by atoms with E-state index in [-0.39, 0.29) is 38.5 Å². The van der Waals surface area contributed by atoms with Crippen molar-refractivity contribution in [3.8, 4) is 17.2 Å². The number of ether oxygens (including phenoxy) is 3. The minimum absolute atomic E-state index is 0.00562. The largest absolute Gasteiger partial charge is 0.543 e. The summed E-state index contributed by atoms with van der Waals surface area (Å²) in [6.07, 6.45) is 5.63. The molecular weight excluding hydrogens is 583 g/mol. The molecule has 0 bridgehead atoms. The molecule has 236 valence electrons. The molecule has 2 aromatic carbocycles. The van der Waals surface area contributed by atoms with Gasteiger partial charge in [0.25, 0.3) is 0 Å². The number of hydrogen-bond donors (Lipinski definition) is 1. The molecule has 0 spiro atoms. The second-order valence-corrected chi connectivity index (χ2v) is 20.7. The van der Waals surface area contributed by atoms with Crippen LogP contribution in [-0.2, 0) is 21.2 Å². The van der Waals surface area contributed by atoms with Gasteiger partial charge in [0, 0.05) is 11.5 Å². The summed E-state index contributed by atoms with van der Waals surface area (Å²) in [5, 5.41) is 5.53. The van der Waals surface area contributed by atoms with Crippen molar-refractivity contribution in [2.45, 2.75) is 101 Å². The van der Waals surface area contributed by atoms with E-state index in [0.29, 0.717) is 17.8 Å². The van der Waals surface area contributed by atoms with Crippen LogP contribution in [0.5, 0.6) is 17.2 Å². The maximum Gasteiger partial charge on any atom is 0.342 e. The Balaban J connectivity index is 1.35. The van der Waals surface area contributed by atoms with E-state index in [4.69, 9.17) is 23.8 Å². The Morgan fingerprint density at radius 1 is 1.02 bits per heavy atom. The molecule has 10 heteroatoms. The monoisotopic (exact) mass is 629 g/mol. The van der Waals surface area contributed by atoms with Gasteiger partial charge in [0.2, 0.25) is 18.3 Å². The van der Waals surface area contributed by atoms with Gasteiger partial charge in [-0.25, -0.2) is 18.4 Å². The van der Waals surface area contributed by atoms with Crippen LogP contribution in [0.3, 0.4) is 0 Å². The Morgan fingerprint density at radius 3 is 2.37 bits per heavy atom. The Bertz CT molecular complexity index is 1520. The number of carbonyl (C=O) groups excluding carboxylic acids is 1. The molecule has 0 heterocycles. The van der Waals surface area contributed by atoms with Gasteiger partial charge in [0.15, 0.2) is 11.5 Å². The number of methoxy groups -OCH3 is 2. The summed E-state index contributed by atoms with van der Waals surface area (Å²) in [4.78, 5) is 13.4. The molecule has 8 nitrogen and oxygen atoms in total. The minimum Gasteiger partial charge on any atom is -0.543 e. The SMILES string of the molecule is COc1cc(S(N)(=O)=O)cc(C(=O)O[C@H]2CCC3C4CCc5cc(O[Si](C)(C)C(C)(C)C)ccc5C4CC[C@@]32C)c1OC. The van der Waals surface area contributed by atoms with Crippen molar-refractivity contribution >= 4 is 24.3 Å². The first-order valence-corrected chi connectivity index (χ1v) is 19.8. The fraction of sp³-hybridized carbons (Fsp3) is 0.606. The second kappa shape index (κ2) is 11.1. The number of rotatable bonds is 7. The molecular formula is C33H47NO7SSi. The van der Waals surface area contributed by atoms with Gasteiger partial charge in [-0.1, -0.05) is 33.8 Å². The summed E-state index contributed by atoms with van der Waals surface area (Å²) in [7, 11) is -3.21. The Hall–Kier alpha value is -2.56. The zero-order valence-electron chi connectivity index (χ0n) is 26.8. The molecule has 0 amide bonds. The van der Waals surface area contributed by atoms with Gasteiger partial charge >= 0.3 is 5.97 Å². The summed E-state index contributed by atoms with van der Waals surface area (Å²) < 4.78 is 47.8. The molecule has 2 N–H and O–H groups in total. The molecule has 2 aromatic rings. The zero-order chi connectivity index (χ0) is 31.5. The van der Waals surface area contributed by atoms with Crippen molar-refractivity contribution in [3.63, 3.8) is 0 Å². The topological polar surface area (TPSA) is 114 Å². The second-order valence-electron chi connectivity index (χ2n) is 14.4. The summed E-state index contributed by atoms with van der Waals surface area (Å²) in [5.41, 5.74) is 2.71. The van der Waals surface area contributed by atoms with E-state index >= 15 is 0 Å².